The number of hydrogen-bond donors (Lipinski definition) is 0. The van der Waals surface area contributed by atoms with Gasteiger partial charge in [0.2, 0.25) is 0 Å². The fraction of sp³-hybridized carbons (Fsp3) is 0.750. The van der Waals surface area contributed by atoms with Crippen molar-refractivity contribution in [2.75, 3.05) is 13.1 Å². The Balaban J connectivity index is 2.15. The van der Waals surface area contributed by atoms with E-state index in [2.05, 4.69) is 5.10 Å². The van der Waals surface area contributed by atoms with Gasteiger partial charge in [-0.15, -0.1) is 0 Å². The average molecular weight is 312 g/mol. The lowest BCUT2D eigenvalue weighted by Gasteiger charge is -2.43. The predicted octanol–water partition coefficient (Wildman–Crippen LogP) is 2.62. The molecule has 0 radical (unpaired) electrons. The number of nitrogens with zero attached hydrogens (tertiary/aromatic N) is 3. The van der Waals surface area contributed by atoms with Crippen LogP contribution in [0.1, 0.15) is 19.5 Å². The van der Waals surface area contributed by atoms with Gasteiger partial charge < -0.3 is 4.74 Å². The van der Waals surface area contributed by atoms with Gasteiger partial charge in [-0.25, -0.2) is 0 Å². The van der Waals surface area contributed by atoms with Crippen molar-refractivity contribution < 1.29 is 17.9 Å². The molecule has 114 valence electrons. The standard InChI is InChI=1S/C12H17ClF3N3O/c1-11(2)7-19(6-10(20-11)12(14,15)16)5-9-8(13)4-17-18(9)3/h4,10H,5-7H2,1-3H3. The molecule has 1 unspecified atom stereocenters. The van der Waals surface area contributed by atoms with Gasteiger partial charge in [0, 0.05) is 26.7 Å². The van der Waals surface area contributed by atoms with Crippen LogP contribution in [0.5, 0.6) is 0 Å². The van der Waals surface area contributed by atoms with E-state index in [4.69, 9.17) is 16.3 Å². The Bertz CT molecular complexity index is 467. The number of aromatic nitrogens is 2. The zero-order chi connectivity index (χ0) is 15.1. The number of hydrogen-bond acceptors (Lipinski definition) is 3. The molecule has 1 atom stereocenters. The summed E-state index contributed by atoms with van der Waals surface area (Å²) in [6.07, 6.45) is -4.66. The van der Waals surface area contributed by atoms with Crippen molar-refractivity contribution in [2.24, 2.45) is 7.05 Å². The third-order valence-corrected chi connectivity index (χ3v) is 3.55. The van der Waals surface area contributed by atoms with Crippen LogP contribution in [0.2, 0.25) is 5.02 Å². The van der Waals surface area contributed by atoms with Crippen LogP contribution in [0.15, 0.2) is 6.20 Å². The Hall–Kier alpha value is -0.790. The van der Waals surface area contributed by atoms with Crippen molar-refractivity contribution in [3.63, 3.8) is 0 Å². The Morgan fingerprint density at radius 2 is 2.15 bits per heavy atom. The van der Waals surface area contributed by atoms with E-state index >= 15 is 0 Å². The van der Waals surface area contributed by atoms with Crippen molar-refractivity contribution in [2.45, 2.75) is 38.3 Å². The highest BCUT2D eigenvalue weighted by Gasteiger charge is 2.48. The molecule has 0 aromatic carbocycles. The van der Waals surface area contributed by atoms with E-state index < -0.39 is 17.9 Å². The minimum absolute atomic E-state index is 0.200. The fourth-order valence-corrected chi connectivity index (χ4v) is 2.64. The summed E-state index contributed by atoms with van der Waals surface area (Å²) in [6.45, 7) is 3.83. The van der Waals surface area contributed by atoms with Crippen LogP contribution in [-0.4, -0.2) is 45.7 Å². The van der Waals surface area contributed by atoms with Gasteiger partial charge in [-0.1, -0.05) is 11.6 Å². The molecule has 0 spiro atoms. The van der Waals surface area contributed by atoms with Crippen LogP contribution in [0, 0.1) is 0 Å². The summed E-state index contributed by atoms with van der Waals surface area (Å²) in [5.41, 5.74) is -0.158. The quantitative estimate of drug-likeness (QED) is 0.841. The van der Waals surface area contributed by atoms with Crippen LogP contribution >= 0.6 is 11.6 Å². The topological polar surface area (TPSA) is 30.3 Å². The monoisotopic (exact) mass is 311 g/mol. The first-order valence-electron chi connectivity index (χ1n) is 6.22. The Morgan fingerprint density at radius 3 is 2.65 bits per heavy atom. The molecule has 1 aliphatic rings. The number of alkyl halides is 3. The van der Waals surface area contributed by atoms with E-state index in [1.165, 1.54) is 6.20 Å². The van der Waals surface area contributed by atoms with Crippen LogP contribution in [0.3, 0.4) is 0 Å². The van der Waals surface area contributed by atoms with E-state index in [-0.39, 0.29) is 6.54 Å². The second-order valence-corrected chi connectivity index (χ2v) is 6.05. The van der Waals surface area contributed by atoms with Gasteiger partial charge in [0.1, 0.15) is 0 Å². The van der Waals surface area contributed by atoms with Crippen LogP contribution < -0.4 is 0 Å². The molecule has 0 aliphatic carbocycles. The number of morpholine rings is 1. The molecule has 1 fully saturated rings. The first-order chi connectivity index (χ1) is 9.08. The summed E-state index contributed by atoms with van der Waals surface area (Å²) in [7, 11) is 1.72. The summed E-state index contributed by atoms with van der Waals surface area (Å²) in [5, 5.41) is 4.45. The zero-order valence-electron chi connectivity index (χ0n) is 11.5. The second-order valence-electron chi connectivity index (χ2n) is 5.64. The smallest absolute Gasteiger partial charge is 0.360 e. The Morgan fingerprint density at radius 1 is 1.50 bits per heavy atom. The largest absolute Gasteiger partial charge is 0.415 e. The molecule has 2 rings (SSSR count). The second kappa shape index (κ2) is 5.20. The molecular formula is C12H17ClF3N3O. The third kappa shape index (κ3) is 3.45. The van der Waals surface area contributed by atoms with Crippen LogP contribution in [0.25, 0.3) is 0 Å². The Kier molecular flexibility index (Phi) is 4.05. The van der Waals surface area contributed by atoms with Crippen LogP contribution in [-0.2, 0) is 18.3 Å². The van der Waals surface area contributed by atoms with Crippen molar-refractivity contribution >= 4 is 11.6 Å². The number of halogens is 4. The van der Waals surface area contributed by atoms with Gasteiger partial charge in [0.25, 0.3) is 0 Å². The molecule has 1 aliphatic heterocycles. The molecule has 1 saturated heterocycles. The highest BCUT2D eigenvalue weighted by atomic mass is 35.5. The minimum atomic E-state index is -4.37. The summed E-state index contributed by atoms with van der Waals surface area (Å²) >= 11 is 6.00. The van der Waals surface area contributed by atoms with Crippen LogP contribution in [0.4, 0.5) is 13.2 Å². The molecule has 0 N–H and O–H groups in total. The van der Waals surface area contributed by atoms with Crippen molar-refractivity contribution in [3.05, 3.63) is 16.9 Å². The number of aryl methyl sites for hydroxylation is 1. The zero-order valence-corrected chi connectivity index (χ0v) is 12.3. The number of rotatable bonds is 2. The maximum absolute atomic E-state index is 12.9. The first-order valence-corrected chi connectivity index (χ1v) is 6.59. The van der Waals surface area contributed by atoms with Crippen molar-refractivity contribution in [3.8, 4) is 0 Å². The molecule has 2 heterocycles. The molecular weight excluding hydrogens is 295 g/mol. The van der Waals surface area contributed by atoms with Gasteiger partial charge in [-0.3, -0.25) is 9.58 Å². The lowest BCUT2D eigenvalue weighted by atomic mass is 10.0. The van der Waals surface area contributed by atoms with E-state index in [0.29, 0.717) is 23.8 Å². The minimum Gasteiger partial charge on any atom is -0.360 e. The number of ether oxygens (including phenoxy) is 1. The fourth-order valence-electron chi connectivity index (χ4n) is 2.41. The van der Waals surface area contributed by atoms with Gasteiger partial charge in [0.05, 0.1) is 22.5 Å². The van der Waals surface area contributed by atoms with Gasteiger partial charge in [-0.2, -0.15) is 18.3 Å². The SMILES string of the molecule is Cn1ncc(Cl)c1CN1CC(C(F)(F)F)OC(C)(C)C1. The molecule has 20 heavy (non-hydrogen) atoms. The molecule has 1 aromatic heterocycles. The molecule has 1 aromatic rings. The van der Waals surface area contributed by atoms with E-state index in [1.54, 1.807) is 30.5 Å². The average Bonchev–Trinajstić information content (AvgIpc) is 2.57. The lowest BCUT2D eigenvalue weighted by Crippen LogP contribution is -2.56. The molecule has 4 nitrogen and oxygen atoms in total. The summed E-state index contributed by atoms with van der Waals surface area (Å²) in [6, 6.07) is 0. The van der Waals surface area contributed by atoms with E-state index in [0.717, 1.165) is 0 Å². The van der Waals surface area contributed by atoms with Gasteiger partial charge >= 0.3 is 6.18 Å². The van der Waals surface area contributed by atoms with E-state index in [9.17, 15) is 13.2 Å². The highest BCUT2D eigenvalue weighted by molar-refractivity contribution is 6.31. The van der Waals surface area contributed by atoms with Crippen molar-refractivity contribution in [1.82, 2.24) is 14.7 Å². The lowest BCUT2D eigenvalue weighted by molar-refractivity contribution is -0.273. The molecule has 8 heteroatoms. The normalized spacial score (nSPS) is 24.1. The summed E-state index contributed by atoms with van der Waals surface area (Å²) < 4.78 is 45.4. The predicted molar refractivity (Wildman–Crippen MR) is 68.5 cm³/mol. The summed E-state index contributed by atoms with van der Waals surface area (Å²) in [5.74, 6) is 0. The molecule has 0 amide bonds. The highest BCUT2D eigenvalue weighted by Crippen LogP contribution is 2.32. The first kappa shape index (κ1) is 15.6. The summed E-state index contributed by atoms with van der Waals surface area (Å²) in [4.78, 5) is 1.70. The molecule has 0 saturated carbocycles. The van der Waals surface area contributed by atoms with Gasteiger partial charge in [0.15, 0.2) is 6.10 Å². The maximum Gasteiger partial charge on any atom is 0.415 e. The van der Waals surface area contributed by atoms with E-state index in [1.807, 2.05) is 0 Å². The van der Waals surface area contributed by atoms with Crippen molar-refractivity contribution in [1.29, 1.82) is 0 Å². The third-order valence-electron chi connectivity index (χ3n) is 3.24. The maximum atomic E-state index is 12.9. The molecule has 0 bridgehead atoms. The van der Waals surface area contributed by atoms with Gasteiger partial charge in [-0.05, 0) is 13.8 Å². The Labute approximate surface area is 120 Å².